The number of aromatic nitrogens is 1. The highest BCUT2D eigenvalue weighted by molar-refractivity contribution is 6.04. The molecule has 2 heterocycles. The highest BCUT2D eigenvalue weighted by atomic mass is 19.2. The summed E-state index contributed by atoms with van der Waals surface area (Å²) in [6.07, 6.45) is 1.60. The molecule has 1 fully saturated rings. The van der Waals surface area contributed by atoms with E-state index < -0.39 is 28.9 Å². The zero-order chi connectivity index (χ0) is 17.1. The molecule has 0 unspecified atom stereocenters. The van der Waals surface area contributed by atoms with Crippen LogP contribution in [0.5, 0.6) is 0 Å². The topological polar surface area (TPSA) is 57.3 Å². The van der Waals surface area contributed by atoms with Gasteiger partial charge in [-0.1, -0.05) is 0 Å². The summed E-state index contributed by atoms with van der Waals surface area (Å²) in [6.45, 7) is 3.47. The summed E-state index contributed by atoms with van der Waals surface area (Å²) in [4.78, 5) is 18.2. The number of amides is 1. The first kappa shape index (κ1) is 16.3. The minimum atomic E-state index is -1.68. The van der Waals surface area contributed by atoms with E-state index in [1.54, 1.807) is 18.3 Å². The summed E-state index contributed by atoms with van der Waals surface area (Å²) >= 11 is 0. The number of halogens is 3. The molecule has 0 atom stereocenters. The number of carbonyl (C=O) groups is 1. The molecule has 5 nitrogen and oxygen atoms in total. The Balaban J connectivity index is 1.72. The predicted octanol–water partition coefficient (Wildman–Crippen LogP) is 2.16. The van der Waals surface area contributed by atoms with Gasteiger partial charge in [0.25, 0.3) is 5.91 Å². The fourth-order valence-corrected chi connectivity index (χ4v) is 2.46. The van der Waals surface area contributed by atoms with Crippen LogP contribution >= 0.6 is 0 Å². The molecule has 0 aliphatic carbocycles. The van der Waals surface area contributed by atoms with Crippen molar-refractivity contribution in [2.75, 3.05) is 36.4 Å². The maximum absolute atomic E-state index is 13.6. The standard InChI is InChI=1S/C16H15F3N4O/c17-12-3-2-11(14(18)15(12)19)16(24)22-13-4-1-10(9-21-13)23-7-5-20-6-8-23/h1-4,9,20H,5-8H2,(H,21,22,24). The number of benzene rings is 1. The van der Waals surface area contributed by atoms with Crippen LogP contribution in [0.25, 0.3) is 0 Å². The highest BCUT2D eigenvalue weighted by Crippen LogP contribution is 2.18. The number of carbonyl (C=O) groups excluding carboxylic acids is 1. The van der Waals surface area contributed by atoms with E-state index in [0.29, 0.717) is 6.07 Å². The molecule has 0 saturated carbocycles. The molecule has 126 valence electrons. The van der Waals surface area contributed by atoms with Crippen LogP contribution in [0.15, 0.2) is 30.5 Å². The van der Waals surface area contributed by atoms with Crippen LogP contribution in [0.3, 0.4) is 0 Å². The summed E-state index contributed by atoms with van der Waals surface area (Å²) in [6, 6.07) is 4.95. The minimum Gasteiger partial charge on any atom is -0.368 e. The maximum Gasteiger partial charge on any atom is 0.259 e. The lowest BCUT2D eigenvalue weighted by molar-refractivity contribution is 0.102. The third-order valence-corrected chi connectivity index (χ3v) is 3.75. The average molecular weight is 336 g/mol. The molecule has 8 heteroatoms. The molecule has 1 amide bonds. The van der Waals surface area contributed by atoms with Gasteiger partial charge in [-0.05, 0) is 24.3 Å². The van der Waals surface area contributed by atoms with Gasteiger partial charge < -0.3 is 15.5 Å². The number of hydrogen-bond acceptors (Lipinski definition) is 4. The smallest absolute Gasteiger partial charge is 0.259 e. The Bertz CT molecular complexity index is 746. The number of anilines is 2. The molecule has 1 aromatic carbocycles. The molecule has 1 aliphatic heterocycles. The van der Waals surface area contributed by atoms with Gasteiger partial charge in [0.2, 0.25) is 0 Å². The monoisotopic (exact) mass is 336 g/mol. The van der Waals surface area contributed by atoms with Gasteiger partial charge in [-0.3, -0.25) is 4.79 Å². The number of piperazine rings is 1. The Morgan fingerprint density at radius 3 is 2.50 bits per heavy atom. The molecule has 1 saturated heterocycles. The second-order valence-electron chi connectivity index (χ2n) is 5.32. The molecular formula is C16H15F3N4O. The lowest BCUT2D eigenvalue weighted by Gasteiger charge is -2.29. The zero-order valence-electron chi connectivity index (χ0n) is 12.7. The minimum absolute atomic E-state index is 0.197. The third kappa shape index (κ3) is 3.33. The lowest BCUT2D eigenvalue weighted by atomic mass is 10.2. The Hall–Kier alpha value is -2.61. The molecule has 2 aromatic rings. The van der Waals surface area contributed by atoms with E-state index in [4.69, 9.17) is 0 Å². The van der Waals surface area contributed by atoms with Crippen LogP contribution in [0.1, 0.15) is 10.4 Å². The fraction of sp³-hybridized carbons (Fsp3) is 0.250. The number of rotatable bonds is 3. The van der Waals surface area contributed by atoms with E-state index >= 15 is 0 Å². The lowest BCUT2D eigenvalue weighted by Crippen LogP contribution is -2.43. The van der Waals surface area contributed by atoms with Crippen LogP contribution in [-0.2, 0) is 0 Å². The Kier molecular flexibility index (Phi) is 4.66. The van der Waals surface area contributed by atoms with E-state index in [1.807, 2.05) is 0 Å². The third-order valence-electron chi connectivity index (χ3n) is 3.75. The van der Waals surface area contributed by atoms with Crippen LogP contribution in [0.4, 0.5) is 24.7 Å². The van der Waals surface area contributed by atoms with Crippen LogP contribution < -0.4 is 15.5 Å². The normalized spacial score (nSPS) is 14.5. The van der Waals surface area contributed by atoms with Gasteiger partial charge >= 0.3 is 0 Å². The van der Waals surface area contributed by atoms with Gasteiger partial charge in [0.05, 0.1) is 17.4 Å². The van der Waals surface area contributed by atoms with E-state index in [0.717, 1.165) is 37.9 Å². The molecule has 3 rings (SSSR count). The van der Waals surface area contributed by atoms with Gasteiger partial charge in [0.1, 0.15) is 5.82 Å². The fourth-order valence-electron chi connectivity index (χ4n) is 2.46. The van der Waals surface area contributed by atoms with Crippen molar-refractivity contribution in [2.24, 2.45) is 0 Å². The summed E-state index contributed by atoms with van der Waals surface area (Å²) in [5, 5.41) is 5.61. The Morgan fingerprint density at radius 2 is 1.83 bits per heavy atom. The molecule has 24 heavy (non-hydrogen) atoms. The first-order chi connectivity index (χ1) is 11.6. The van der Waals surface area contributed by atoms with E-state index in [-0.39, 0.29) is 5.82 Å². The number of nitrogens with zero attached hydrogens (tertiary/aromatic N) is 2. The average Bonchev–Trinajstić information content (AvgIpc) is 2.61. The molecule has 1 aromatic heterocycles. The number of nitrogens with one attached hydrogen (secondary N) is 2. The van der Waals surface area contributed by atoms with Crippen molar-refractivity contribution >= 4 is 17.4 Å². The summed E-state index contributed by atoms with van der Waals surface area (Å²) in [5.41, 5.74) is 0.329. The van der Waals surface area contributed by atoms with Gasteiger partial charge in [0, 0.05) is 26.2 Å². The van der Waals surface area contributed by atoms with Crippen molar-refractivity contribution < 1.29 is 18.0 Å². The summed E-state index contributed by atoms with van der Waals surface area (Å²) < 4.78 is 39.7. The Morgan fingerprint density at radius 1 is 1.08 bits per heavy atom. The van der Waals surface area contributed by atoms with Crippen LogP contribution in [0, 0.1) is 17.5 Å². The van der Waals surface area contributed by atoms with Gasteiger partial charge in [-0.15, -0.1) is 0 Å². The second kappa shape index (κ2) is 6.88. The SMILES string of the molecule is O=C(Nc1ccc(N2CCNCC2)cn1)c1ccc(F)c(F)c1F. The molecule has 0 bridgehead atoms. The first-order valence-electron chi connectivity index (χ1n) is 7.43. The maximum atomic E-state index is 13.6. The van der Waals surface area contributed by atoms with Crippen molar-refractivity contribution in [3.05, 3.63) is 53.5 Å². The van der Waals surface area contributed by atoms with Crippen molar-refractivity contribution in [1.29, 1.82) is 0 Å². The summed E-state index contributed by atoms with van der Waals surface area (Å²) in [5.74, 6) is -5.24. The number of pyridine rings is 1. The van der Waals surface area contributed by atoms with Crippen molar-refractivity contribution in [2.45, 2.75) is 0 Å². The van der Waals surface area contributed by atoms with E-state index in [9.17, 15) is 18.0 Å². The highest BCUT2D eigenvalue weighted by Gasteiger charge is 2.19. The van der Waals surface area contributed by atoms with Crippen LogP contribution in [0.2, 0.25) is 0 Å². The molecule has 2 N–H and O–H groups in total. The predicted molar refractivity (Wildman–Crippen MR) is 83.6 cm³/mol. The van der Waals surface area contributed by atoms with Crippen molar-refractivity contribution in [3.63, 3.8) is 0 Å². The molecular weight excluding hydrogens is 321 g/mol. The van der Waals surface area contributed by atoms with Gasteiger partial charge in [-0.25, -0.2) is 18.2 Å². The Labute approximate surface area is 136 Å². The van der Waals surface area contributed by atoms with Crippen molar-refractivity contribution in [1.82, 2.24) is 10.3 Å². The van der Waals surface area contributed by atoms with Gasteiger partial charge in [0.15, 0.2) is 17.5 Å². The zero-order valence-corrected chi connectivity index (χ0v) is 12.7. The van der Waals surface area contributed by atoms with E-state index in [2.05, 4.69) is 20.5 Å². The van der Waals surface area contributed by atoms with Crippen molar-refractivity contribution in [3.8, 4) is 0 Å². The largest absolute Gasteiger partial charge is 0.368 e. The molecule has 0 spiro atoms. The second-order valence-corrected chi connectivity index (χ2v) is 5.32. The van der Waals surface area contributed by atoms with E-state index in [1.165, 1.54) is 0 Å². The quantitative estimate of drug-likeness (QED) is 0.844. The summed E-state index contributed by atoms with van der Waals surface area (Å²) in [7, 11) is 0. The molecule has 0 radical (unpaired) electrons. The first-order valence-corrected chi connectivity index (χ1v) is 7.43. The van der Waals surface area contributed by atoms with Gasteiger partial charge in [-0.2, -0.15) is 0 Å². The number of hydrogen-bond donors (Lipinski definition) is 2. The molecule has 1 aliphatic rings. The van der Waals surface area contributed by atoms with Crippen LogP contribution in [-0.4, -0.2) is 37.1 Å².